The maximum absolute atomic E-state index is 10.2. The van der Waals surface area contributed by atoms with E-state index in [1.165, 1.54) is 44.9 Å². The third kappa shape index (κ3) is 4.94. The predicted molar refractivity (Wildman–Crippen MR) is 93.7 cm³/mol. The van der Waals surface area contributed by atoms with Gasteiger partial charge in [-0.05, 0) is 17.9 Å². The van der Waals surface area contributed by atoms with Crippen LogP contribution >= 0.6 is 0 Å². The van der Waals surface area contributed by atoms with Crippen molar-refractivity contribution in [2.24, 2.45) is 0 Å². The molecule has 0 aliphatic carbocycles. The van der Waals surface area contributed by atoms with Crippen molar-refractivity contribution < 1.29 is 9.84 Å². The lowest BCUT2D eigenvalue weighted by molar-refractivity contribution is 0.290. The van der Waals surface area contributed by atoms with Crippen LogP contribution < -0.4 is 4.74 Å². The minimum atomic E-state index is 0.262. The number of phenols is 1. The van der Waals surface area contributed by atoms with Gasteiger partial charge in [-0.25, -0.2) is 0 Å². The smallest absolute Gasteiger partial charge is 0.165 e. The monoisotopic (exact) mass is 300 g/mol. The normalized spacial score (nSPS) is 11.0. The summed E-state index contributed by atoms with van der Waals surface area (Å²) in [6.07, 6.45) is 10.3. The van der Waals surface area contributed by atoms with Crippen molar-refractivity contribution in [2.45, 2.75) is 58.3 Å². The van der Waals surface area contributed by atoms with E-state index in [4.69, 9.17) is 4.74 Å². The van der Waals surface area contributed by atoms with Crippen LogP contribution in [0.15, 0.2) is 36.4 Å². The predicted octanol–water partition coefficient (Wildman–Crippen LogP) is 6.06. The van der Waals surface area contributed by atoms with Gasteiger partial charge in [0.25, 0.3) is 0 Å². The highest BCUT2D eigenvalue weighted by atomic mass is 16.5. The fraction of sp³-hybridized carbons (Fsp3) is 0.500. The van der Waals surface area contributed by atoms with Crippen molar-refractivity contribution in [1.29, 1.82) is 0 Å². The summed E-state index contributed by atoms with van der Waals surface area (Å²) in [5.41, 5.74) is 0. The molecule has 2 nitrogen and oxygen atoms in total. The van der Waals surface area contributed by atoms with Crippen LogP contribution in [0.5, 0.6) is 11.5 Å². The first kappa shape index (κ1) is 16.7. The molecule has 2 heteroatoms. The van der Waals surface area contributed by atoms with Crippen LogP contribution in [-0.2, 0) is 0 Å². The number of phenolic OH excluding ortho intramolecular Hbond substituents is 1. The zero-order chi connectivity index (χ0) is 15.6. The Labute approximate surface area is 134 Å². The quantitative estimate of drug-likeness (QED) is 0.540. The lowest BCUT2D eigenvalue weighted by Crippen LogP contribution is -1.97. The molecular weight excluding hydrogens is 272 g/mol. The summed E-state index contributed by atoms with van der Waals surface area (Å²) in [5, 5.41) is 12.1. The van der Waals surface area contributed by atoms with E-state index < -0.39 is 0 Å². The molecule has 22 heavy (non-hydrogen) atoms. The van der Waals surface area contributed by atoms with E-state index in [0.29, 0.717) is 12.4 Å². The Kier molecular flexibility index (Phi) is 7.08. The highest BCUT2D eigenvalue weighted by Gasteiger charge is 2.06. The van der Waals surface area contributed by atoms with E-state index in [-0.39, 0.29) is 5.75 Å². The summed E-state index contributed by atoms with van der Waals surface area (Å²) in [7, 11) is 0. The van der Waals surface area contributed by atoms with Gasteiger partial charge in [-0.3, -0.25) is 0 Å². The molecule has 0 spiro atoms. The number of aromatic hydroxyl groups is 1. The molecule has 0 aliphatic heterocycles. The van der Waals surface area contributed by atoms with Crippen LogP contribution in [0.4, 0.5) is 0 Å². The second-order valence-corrected chi connectivity index (χ2v) is 5.96. The molecule has 0 bridgehead atoms. The largest absolute Gasteiger partial charge is 0.504 e. The molecule has 0 aromatic heterocycles. The minimum Gasteiger partial charge on any atom is -0.504 e. The van der Waals surface area contributed by atoms with Crippen molar-refractivity contribution in [3.05, 3.63) is 36.4 Å². The third-order valence-corrected chi connectivity index (χ3v) is 4.12. The summed E-state index contributed by atoms with van der Waals surface area (Å²) < 4.78 is 5.74. The molecule has 0 fully saturated rings. The first-order chi connectivity index (χ1) is 10.8. The number of ether oxygens (including phenoxy) is 1. The van der Waals surface area contributed by atoms with E-state index in [9.17, 15) is 5.11 Å². The summed E-state index contributed by atoms with van der Waals surface area (Å²) in [6.45, 7) is 2.93. The molecule has 0 radical (unpaired) electrons. The third-order valence-electron chi connectivity index (χ3n) is 4.12. The lowest BCUT2D eigenvalue weighted by Gasteiger charge is -2.10. The van der Waals surface area contributed by atoms with Crippen LogP contribution in [-0.4, -0.2) is 11.7 Å². The Morgan fingerprint density at radius 3 is 2.27 bits per heavy atom. The topological polar surface area (TPSA) is 29.5 Å². The number of hydrogen-bond acceptors (Lipinski definition) is 2. The maximum atomic E-state index is 10.2. The second kappa shape index (κ2) is 9.34. The van der Waals surface area contributed by atoms with Gasteiger partial charge in [0.2, 0.25) is 0 Å². The second-order valence-electron chi connectivity index (χ2n) is 5.96. The lowest BCUT2D eigenvalue weighted by atomic mass is 10.1. The molecule has 1 N–H and O–H groups in total. The molecule has 0 amide bonds. The number of fused-ring (bicyclic) bond motifs is 1. The van der Waals surface area contributed by atoms with Crippen molar-refractivity contribution in [3.63, 3.8) is 0 Å². The first-order valence-electron chi connectivity index (χ1n) is 8.66. The van der Waals surface area contributed by atoms with Crippen LogP contribution in [0.25, 0.3) is 10.8 Å². The fourth-order valence-electron chi connectivity index (χ4n) is 2.77. The number of hydrogen-bond donors (Lipinski definition) is 1. The van der Waals surface area contributed by atoms with Gasteiger partial charge in [-0.15, -0.1) is 0 Å². The summed E-state index contributed by atoms with van der Waals surface area (Å²) in [6, 6.07) is 11.7. The van der Waals surface area contributed by atoms with Crippen LogP contribution in [0.3, 0.4) is 0 Å². The zero-order valence-electron chi connectivity index (χ0n) is 13.7. The van der Waals surface area contributed by atoms with Crippen LogP contribution in [0.2, 0.25) is 0 Å². The minimum absolute atomic E-state index is 0.262. The molecule has 0 atom stereocenters. The van der Waals surface area contributed by atoms with E-state index >= 15 is 0 Å². The van der Waals surface area contributed by atoms with E-state index in [2.05, 4.69) is 6.92 Å². The summed E-state index contributed by atoms with van der Waals surface area (Å²) in [5.74, 6) is 0.860. The van der Waals surface area contributed by atoms with Gasteiger partial charge in [-0.2, -0.15) is 0 Å². The number of benzene rings is 2. The Balaban J connectivity index is 1.68. The first-order valence-corrected chi connectivity index (χ1v) is 8.66. The molecule has 0 heterocycles. The Morgan fingerprint density at radius 2 is 1.50 bits per heavy atom. The van der Waals surface area contributed by atoms with Crippen molar-refractivity contribution in [2.75, 3.05) is 6.61 Å². The zero-order valence-corrected chi connectivity index (χ0v) is 13.7. The molecule has 0 saturated carbocycles. The van der Waals surface area contributed by atoms with Crippen molar-refractivity contribution >= 4 is 10.8 Å². The number of rotatable bonds is 10. The summed E-state index contributed by atoms with van der Waals surface area (Å²) >= 11 is 0. The van der Waals surface area contributed by atoms with Gasteiger partial charge in [0.05, 0.1) is 6.61 Å². The average molecular weight is 300 g/mol. The van der Waals surface area contributed by atoms with Gasteiger partial charge in [0.1, 0.15) is 0 Å². The van der Waals surface area contributed by atoms with Gasteiger partial charge < -0.3 is 9.84 Å². The molecule has 2 rings (SSSR count). The number of unbranched alkanes of at least 4 members (excludes halogenated alkanes) is 7. The highest BCUT2D eigenvalue weighted by molar-refractivity contribution is 5.90. The Hall–Kier alpha value is -1.70. The molecule has 0 aliphatic rings. The van der Waals surface area contributed by atoms with E-state index in [1.54, 1.807) is 0 Å². The maximum Gasteiger partial charge on any atom is 0.165 e. The van der Waals surface area contributed by atoms with Crippen LogP contribution in [0.1, 0.15) is 58.3 Å². The van der Waals surface area contributed by atoms with E-state index in [1.807, 2.05) is 36.4 Å². The van der Waals surface area contributed by atoms with Crippen LogP contribution in [0, 0.1) is 0 Å². The molecule has 0 unspecified atom stereocenters. The average Bonchev–Trinajstić information content (AvgIpc) is 2.55. The van der Waals surface area contributed by atoms with Crippen molar-refractivity contribution in [1.82, 2.24) is 0 Å². The molecule has 0 saturated heterocycles. The van der Waals surface area contributed by atoms with Gasteiger partial charge in [0.15, 0.2) is 11.5 Å². The SMILES string of the molecule is CCCCCCCCCCOc1ccc2ccccc2c1O. The highest BCUT2D eigenvalue weighted by Crippen LogP contribution is 2.34. The molecule has 120 valence electrons. The molecule has 2 aromatic rings. The van der Waals surface area contributed by atoms with Gasteiger partial charge in [-0.1, -0.05) is 82.2 Å². The standard InChI is InChI=1S/C20H28O2/c1-2-3-4-5-6-7-8-11-16-22-19-15-14-17-12-9-10-13-18(17)20(19)21/h9-10,12-15,21H,2-8,11,16H2,1H3. The van der Waals surface area contributed by atoms with E-state index in [0.717, 1.165) is 17.2 Å². The van der Waals surface area contributed by atoms with Gasteiger partial charge >= 0.3 is 0 Å². The Bertz CT molecular complexity index is 563. The summed E-state index contributed by atoms with van der Waals surface area (Å²) in [4.78, 5) is 0. The van der Waals surface area contributed by atoms with Crippen molar-refractivity contribution in [3.8, 4) is 11.5 Å². The fourth-order valence-corrected chi connectivity index (χ4v) is 2.77. The molecular formula is C20H28O2. The Morgan fingerprint density at radius 1 is 0.818 bits per heavy atom. The van der Waals surface area contributed by atoms with Gasteiger partial charge in [0, 0.05) is 5.39 Å². The molecule has 2 aromatic carbocycles.